The van der Waals surface area contributed by atoms with Crippen LogP contribution in [0.25, 0.3) is 6.08 Å². The summed E-state index contributed by atoms with van der Waals surface area (Å²) < 4.78 is 0. The largest absolute Gasteiger partial charge is 0.477 e. The molecular weight excluding hydrogens is 178 g/mol. The normalized spacial score (nSPS) is 9.64. The van der Waals surface area contributed by atoms with E-state index in [0.29, 0.717) is 5.69 Å². The lowest BCUT2D eigenvalue weighted by Crippen LogP contribution is -2.01. The fraction of sp³-hybridized carbons (Fsp3) is 0.273. The van der Waals surface area contributed by atoms with Crippen LogP contribution in [0.4, 0.5) is 0 Å². The van der Waals surface area contributed by atoms with Gasteiger partial charge in [-0.25, -0.2) is 9.78 Å². The van der Waals surface area contributed by atoms with Crippen molar-refractivity contribution in [2.75, 3.05) is 0 Å². The molecule has 1 aromatic rings. The molecule has 3 nitrogen and oxygen atoms in total. The van der Waals surface area contributed by atoms with Crippen LogP contribution in [0.15, 0.2) is 17.7 Å². The van der Waals surface area contributed by atoms with Crippen LogP contribution in [0.5, 0.6) is 0 Å². The topological polar surface area (TPSA) is 50.2 Å². The molecule has 1 aromatic heterocycles. The van der Waals surface area contributed by atoms with Gasteiger partial charge in [0, 0.05) is 0 Å². The first-order valence-corrected chi connectivity index (χ1v) is 4.36. The number of hydrogen-bond donors (Lipinski definition) is 1. The van der Waals surface area contributed by atoms with E-state index in [1.165, 1.54) is 0 Å². The molecule has 0 aliphatic carbocycles. The number of aromatic carboxylic acids is 1. The molecule has 1 rings (SSSR count). The number of allylic oxidation sites excluding steroid dienone is 1. The van der Waals surface area contributed by atoms with Gasteiger partial charge in [0.2, 0.25) is 0 Å². The summed E-state index contributed by atoms with van der Waals surface area (Å²) >= 11 is 0. The Labute approximate surface area is 83.1 Å². The Kier molecular flexibility index (Phi) is 3.02. The zero-order valence-electron chi connectivity index (χ0n) is 8.53. The van der Waals surface area contributed by atoms with E-state index in [1.807, 2.05) is 32.9 Å². The predicted molar refractivity (Wildman–Crippen MR) is 55.3 cm³/mol. The fourth-order valence-electron chi connectivity index (χ4n) is 1.17. The molecule has 74 valence electrons. The van der Waals surface area contributed by atoms with Gasteiger partial charge in [-0.1, -0.05) is 5.57 Å². The van der Waals surface area contributed by atoms with E-state index in [2.05, 4.69) is 4.98 Å². The molecule has 0 atom stereocenters. The first-order valence-electron chi connectivity index (χ1n) is 4.36. The number of hydrogen-bond acceptors (Lipinski definition) is 2. The van der Waals surface area contributed by atoms with Gasteiger partial charge in [0.1, 0.15) is 5.69 Å². The molecular formula is C11H13NO2. The Morgan fingerprint density at radius 3 is 2.57 bits per heavy atom. The van der Waals surface area contributed by atoms with Crippen LogP contribution in [-0.4, -0.2) is 16.1 Å². The fourth-order valence-corrected chi connectivity index (χ4v) is 1.17. The van der Waals surface area contributed by atoms with E-state index in [0.717, 1.165) is 11.1 Å². The lowest BCUT2D eigenvalue weighted by molar-refractivity contribution is 0.0690. The highest BCUT2D eigenvalue weighted by Crippen LogP contribution is 2.08. The summed E-state index contributed by atoms with van der Waals surface area (Å²) in [6.45, 7) is 5.76. The van der Waals surface area contributed by atoms with Gasteiger partial charge in [-0.05, 0) is 44.5 Å². The minimum absolute atomic E-state index is 0.0949. The maximum absolute atomic E-state index is 10.7. The van der Waals surface area contributed by atoms with Crippen molar-refractivity contribution in [1.29, 1.82) is 0 Å². The lowest BCUT2D eigenvalue weighted by atomic mass is 10.2. The number of pyridine rings is 1. The van der Waals surface area contributed by atoms with Crippen molar-refractivity contribution in [2.45, 2.75) is 20.8 Å². The van der Waals surface area contributed by atoms with Crippen molar-refractivity contribution in [1.82, 2.24) is 4.98 Å². The van der Waals surface area contributed by atoms with Crippen LogP contribution < -0.4 is 0 Å². The summed E-state index contributed by atoms with van der Waals surface area (Å²) in [5, 5.41) is 8.78. The highest BCUT2D eigenvalue weighted by molar-refractivity contribution is 5.85. The first kappa shape index (κ1) is 10.4. The van der Waals surface area contributed by atoms with E-state index >= 15 is 0 Å². The molecule has 1 heterocycles. The molecule has 0 bridgehead atoms. The molecule has 0 aromatic carbocycles. The molecule has 0 saturated heterocycles. The third kappa shape index (κ3) is 2.69. The number of carbonyl (C=O) groups is 1. The highest BCUT2D eigenvalue weighted by atomic mass is 16.4. The van der Waals surface area contributed by atoms with Crippen molar-refractivity contribution in [3.63, 3.8) is 0 Å². The zero-order valence-corrected chi connectivity index (χ0v) is 8.53. The summed E-state index contributed by atoms with van der Waals surface area (Å²) in [5.74, 6) is -0.989. The van der Waals surface area contributed by atoms with Crippen molar-refractivity contribution in [3.8, 4) is 0 Å². The number of aryl methyl sites for hydroxylation is 1. The number of carboxylic acids is 1. The minimum Gasteiger partial charge on any atom is -0.477 e. The Bertz CT molecular complexity index is 390. The summed E-state index contributed by atoms with van der Waals surface area (Å²) in [7, 11) is 0. The van der Waals surface area contributed by atoms with Crippen molar-refractivity contribution in [2.24, 2.45) is 0 Å². The zero-order chi connectivity index (χ0) is 10.7. The van der Waals surface area contributed by atoms with E-state index in [4.69, 9.17) is 5.11 Å². The summed E-state index contributed by atoms with van der Waals surface area (Å²) in [6, 6.07) is 3.42. The average Bonchev–Trinajstić information content (AvgIpc) is 2.01. The van der Waals surface area contributed by atoms with Crippen LogP contribution in [0, 0.1) is 6.92 Å². The molecule has 0 aliphatic heterocycles. The van der Waals surface area contributed by atoms with Gasteiger partial charge in [-0.2, -0.15) is 0 Å². The quantitative estimate of drug-likeness (QED) is 0.781. The minimum atomic E-state index is -0.989. The van der Waals surface area contributed by atoms with Gasteiger partial charge in [0.15, 0.2) is 0 Å². The number of aromatic nitrogens is 1. The van der Waals surface area contributed by atoms with E-state index in [1.54, 1.807) is 6.07 Å². The maximum Gasteiger partial charge on any atom is 0.354 e. The molecule has 14 heavy (non-hydrogen) atoms. The molecule has 0 spiro atoms. The molecule has 3 heteroatoms. The molecule has 0 unspecified atom stereocenters. The number of rotatable bonds is 2. The number of carboxylic acid groups (broad SMARTS) is 1. The third-order valence-electron chi connectivity index (χ3n) is 1.65. The lowest BCUT2D eigenvalue weighted by Gasteiger charge is -2.00. The second kappa shape index (κ2) is 4.05. The second-order valence-corrected chi connectivity index (χ2v) is 3.48. The van der Waals surface area contributed by atoms with Crippen LogP contribution in [0.1, 0.15) is 35.6 Å². The first-order chi connectivity index (χ1) is 6.49. The highest BCUT2D eigenvalue weighted by Gasteiger charge is 2.05. The molecule has 1 N–H and O–H groups in total. The van der Waals surface area contributed by atoms with Crippen LogP contribution in [-0.2, 0) is 0 Å². The maximum atomic E-state index is 10.7. The summed E-state index contributed by atoms with van der Waals surface area (Å²) in [6.07, 6.45) is 1.86. The van der Waals surface area contributed by atoms with Gasteiger partial charge in [0.25, 0.3) is 0 Å². The third-order valence-corrected chi connectivity index (χ3v) is 1.65. The second-order valence-electron chi connectivity index (χ2n) is 3.48. The Balaban J connectivity index is 3.20. The van der Waals surface area contributed by atoms with Crippen molar-refractivity contribution < 1.29 is 9.90 Å². The molecule has 0 saturated carbocycles. The predicted octanol–water partition coefficient (Wildman–Crippen LogP) is 2.51. The van der Waals surface area contributed by atoms with Gasteiger partial charge in [-0.15, -0.1) is 0 Å². The summed E-state index contributed by atoms with van der Waals surface area (Å²) in [5.41, 5.74) is 2.80. The van der Waals surface area contributed by atoms with Crippen molar-refractivity contribution >= 4 is 12.0 Å². The van der Waals surface area contributed by atoms with Gasteiger partial charge in [-0.3, -0.25) is 0 Å². The molecule has 0 fully saturated rings. The standard InChI is InChI=1S/C11H13NO2/c1-7(2)4-9-5-8(3)6-10(12-9)11(13)14/h4-6H,1-3H3,(H,13,14). The van der Waals surface area contributed by atoms with Crippen LogP contribution in [0.2, 0.25) is 0 Å². The molecule has 0 radical (unpaired) electrons. The Hall–Kier alpha value is -1.64. The van der Waals surface area contributed by atoms with E-state index < -0.39 is 5.97 Å². The van der Waals surface area contributed by atoms with Crippen LogP contribution in [0.3, 0.4) is 0 Å². The van der Waals surface area contributed by atoms with Gasteiger partial charge in [0.05, 0.1) is 5.69 Å². The van der Waals surface area contributed by atoms with E-state index in [-0.39, 0.29) is 5.69 Å². The Morgan fingerprint density at radius 1 is 1.43 bits per heavy atom. The smallest absolute Gasteiger partial charge is 0.354 e. The van der Waals surface area contributed by atoms with Crippen molar-refractivity contribution in [3.05, 3.63) is 34.7 Å². The SMILES string of the molecule is CC(C)=Cc1cc(C)cc(C(=O)O)n1. The van der Waals surface area contributed by atoms with Gasteiger partial charge < -0.3 is 5.11 Å². The monoisotopic (exact) mass is 191 g/mol. The molecule has 0 aliphatic rings. The molecule has 0 amide bonds. The average molecular weight is 191 g/mol. The number of nitrogens with zero attached hydrogens (tertiary/aromatic N) is 1. The van der Waals surface area contributed by atoms with Gasteiger partial charge >= 0.3 is 5.97 Å². The summed E-state index contributed by atoms with van der Waals surface area (Å²) in [4.78, 5) is 14.7. The van der Waals surface area contributed by atoms with Crippen LogP contribution >= 0.6 is 0 Å². The van der Waals surface area contributed by atoms with E-state index in [9.17, 15) is 4.79 Å². The Morgan fingerprint density at radius 2 is 2.07 bits per heavy atom.